The molecule has 0 bridgehead atoms. The Morgan fingerprint density at radius 2 is 1.79 bits per heavy atom. The van der Waals surface area contributed by atoms with E-state index < -0.39 is 0 Å². The number of hydrogen-bond acceptors (Lipinski definition) is 2. The van der Waals surface area contributed by atoms with Gasteiger partial charge in [-0.3, -0.25) is 4.98 Å². The Labute approximate surface area is 144 Å². The first kappa shape index (κ1) is 18.0. The number of benzene rings is 1. The van der Waals surface area contributed by atoms with Crippen molar-refractivity contribution in [2.45, 2.75) is 45.2 Å². The largest absolute Gasteiger partial charge is 0.335 e. The molecule has 1 N–H and O–H groups in total. The van der Waals surface area contributed by atoms with E-state index in [0.29, 0.717) is 0 Å². The minimum atomic E-state index is -0.157. The van der Waals surface area contributed by atoms with Gasteiger partial charge in [-0.05, 0) is 31.0 Å². The second-order valence-electron chi connectivity index (χ2n) is 6.83. The molecule has 2 aromatic rings. The van der Waals surface area contributed by atoms with Gasteiger partial charge in [0.15, 0.2) is 0 Å². The minimum Gasteiger partial charge on any atom is -0.335 e. The SMILES string of the molecule is C[C@H](c1cccnc1)N(C)C(=O)N[C@@H](C)C(C)(C)c1ccccc1. The van der Waals surface area contributed by atoms with Crippen LogP contribution >= 0.6 is 0 Å². The fourth-order valence-electron chi connectivity index (χ4n) is 2.61. The van der Waals surface area contributed by atoms with Gasteiger partial charge < -0.3 is 10.2 Å². The summed E-state index contributed by atoms with van der Waals surface area (Å²) >= 11 is 0. The molecular weight excluding hydrogens is 298 g/mol. The van der Waals surface area contributed by atoms with E-state index in [0.717, 1.165) is 5.56 Å². The first-order valence-corrected chi connectivity index (χ1v) is 8.32. The third-order valence-electron chi connectivity index (χ3n) is 5.01. The van der Waals surface area contributed by atoms with Crippen LogP contribution in [-0.4, -0.2) is 29.0 Å². The molecule has 1 aromatic carbocycles. The lowest BCUT2D eigenvalue weighted by molar-refractivity contribution is 0.185. The normalized spacial score (nSPS) is 13.9. The van der Waals surface area contributed by atoms with Gasteiger partial charge in [0.25, 0.3) is 0 Å². The number of nitrogens with one attached hydrogen (secondary N) is 1. The molecule has 24 heavy (non-hydrogen) atoms. The second-order valence-corrected chi connectivity index (χ2v) is 6.83. The smallest absolute Gasteiger partial charge is 0.317 e. The van der Waals surface area contributed by atoms with E-state index in [2.05, 4.69) is 36.3 Å². The molecule has 0 saturated carbocycles. The number of pyridine rings is 1. The van der Waals surface area contributed by atoms with Gasteiger partial charge in [0.05, 0.1) is 6.04 Å². The average molecular weight is 325 g/mol. The van der Waals surface area contributed by atoms with Crippen LogP contribution in [0.5, 0.6) is 0 Å². The molecule has 0 aliphatic heterocycles. The van der Waals surface area contributed by atoms with Crippen LogP contribution in [0.3, 0.4) is 0 Å². The Bertz CT molecular complexity index is 655. The van der Waals surface area contributed by atoms with Crippen molar-refractivity contribution in [3.63, 3.8) is 0 Å². The summed E-state index contributed by atoms with van der Waals surface area (Å²) in [5.41, 5.74) is 2.07. The van der Waals surface area contributed by atoms with Crippen LogP contribution < -0.4 is 5.32 Å². The predicted octanol–water partition coefficient (Wildman–Crippen LogP) is 4.15. The van der Waals surface area contributed by atoms with E-state index in [1.54, 1.807) is 17.3 Å². The van der Waals surface area contributed by atoms with Crippen LogP contribution in [0.15, 0.2) is 54.9 Å². The standard InChI is InChI=1S/C20H27N3O/c1-15(17-10-9-13-21-14-17)23(5)19(24)22-16(2)20(3,4)18-11-7-6-8-12-18/h6-16H,1-5H3,(H,22,24)/t15-,16+/m1/s1. The van der Waals surface area contributed by atoms with Crippen LogP contribution in [0.1, 0.15) is 44.9 Å². The predicted molar refractivity (Wildman–Crippen MR) is 97.9 cm³/mol. The fourth-order valence-corrected chi connectivity index (χ4v) is 2.61. The third-order valence-corrected chi connectivity index (χ3v) is 5.01. The monoisotopic (exact) mass is 325 g/mol. The van der Waals surface area contributed by atoms with Crippen molar-refractivity contribution in [2.75, 3.05) is 7.05 Å². The first-order valence-electron chi connectivity index (χ1n) is 8.32. The van der Waals surface area contributed by atoms with Crippen molar-refractivity contribution in [3.05, 3.63) is 66.0 Å². The molecule has 2 atom stereocenters. The Hall–Kier alpha value is -2.36. The van der Waals surface area contributed by atoms with E-state index in [4.69, 9.17) is 0 Å². The summed E-state index contributed by atoms with van der Waals surface area (Å²) < 4.78 is 0. The second kappa shape index (κ2) is 7.47. The highest BCUT2D eigenvalue weighted by Crippen LogP contribution is 2.27. The Balaban J connectivity index is 2.05. The van der Waals surface area contributed by atoms with Crippen LogP contribution in [0, 0.1) is 0 Å². The number of carbonyl (C=O) groups is 1. The summed E-state index contributed by atoms with van der Waals surface area (Å²) in [5.74, 6) is 0. The molecule has 128 valence electrons. The van der Waals surface area contributed by atoms with Crippen molar-refractivity contribution in [1.82, 2.24) is 15.2 Å². The summed E-state index contributed by atoms with van der Waals surface area (Å²) in [4.78, 5) is 18.5. The highest BCUT2D eigenvalue weighted by atomic mass is 16.2. The zero-order valence-corrected chi connectivity index (χ0v) is 15.2. The van der Waals surface area contributed by atoms with Crippen molar-refractivity contribution in [3.8, 4) is 0 Å². The van der Waals surface area contributed by atoms with Gasteiger partial charge >= 0.3 is 6.03 Å². The molecule has 0 radical (unpaired) electrons. The lowest BCUT2D eigenvalue weighted by Crippen LogP contribution is -2.50. The molecule has 0 aliphatic carbocycles. The fraction of sp³-hybridized carbons (Fsp3) is 0.400. The van der Waals surface area contributed by atoms with Crippen molar-refractivity contribution >= 4 is 6.03 Å². The third kappa shape index (κ3) is 3.94. The maximum Gasteiger partial charge on any atom is 0.317 e. The van der Waals surface area contributed by atoms with E-state index >= 15 is 0 Å². The zero-order chi connectivity index (χ0) is 17.7. The quantitative estimate of drug-likeness (QED) is 0.897. The Morgan fingerprint density at radius 1 is 1.12 bits per heavy atom. The molecule has 2 rings (SSSR count). The molecule has 1 aromatic heterocycles. The first-order chi connectivity index (χ1) is 11.3. The average Bonchev–Trinajstić information content (AvgIpc) is 2.61. The topological polar surface area (TPSA) is 45.2 Å². The van der Waals surface area contributed by atoms with Crippen LogP contribution in [0.4, 0.5) is 4.79 Å². The summed E-state index contributed by atoms with van der Waals surface area (Å²) in [5, 5.41) is 3.14. The minimum absolute atomic E-state index is 0.00375. The molecule has 0 spiro atoms. The highest BCUT2D eigenvalue weighted by molar-refractivity contribution is 5.75. The van der Waals surface area contributed by atoms with Gasteiger partial charge in [-0.1, -0.05) is 50.2 Å². The summed E-state index contributed by atoms with van der Waals surface area (Å²) in [6, 6.07) is 14.0. The van der Waals surface area contributed by atoms with E-state index in [1.807, 2.05) is 51.2 Å². The highest BCUT2D eigenvalue weighted by Gasteiger charge is 2.30. The van der Waals surface area contributed by atoms with E-state index in [9.17, 15) is 4.79 Å². The van der Waals surface area contributed by atoms with Gasteiger partial charge in [0.1, 0.15) is 0 Å². The Morgan fingerprint density at radius 3 is 2.38 bits per heavy atom. The van der Waals surface area contributed by atoms with Gasteiger partial charge in [-0.25, -0.2) is 4.79 Å². The molecule has 0 aliphatic rings. The number of carbonyl (C=O) groups excluding carboxylic acids is 1. The molecule has 0 unspecified atom stereocenters. The van der Waals surface area contributed by atoms with Crippen LogP contribution in [-0.2, 0) is 5.41 Å². The lowest BCUT2D eigenvalue weighted by atomic mass is 9.78. The zero-order valence-electron chi connectivity index (χ0n) is 15.2. The molecule has 2 amide bonds. The summed E-state index contributed by atoms with van der Waals surface area (Å²) in [6.45, 7) is 8.35. The number of rotatable bonds is 5. The summed E-state index contributed by atoms with van der Waals surface area (Å²) in [7, 11) is 1.81. The number of urea groups is 1. The van der Waals surface area contributed by atoms with Crippen molar-refractivity contribution in [1.29, 1.82) is 0 Å². The van der Waals surface area contributed by atoms with Crippen molar-refractivity contribution in [2.24, 2.45) is 0 Å². The van der Waals surface area contributed by atoms with Gasteiger partial charge in [-0.15, -0.1) is 0 Å². The van der Waals surface area contributed by atoms with E-state index in [1.165, 1.54) is 5.56 Å². The number of nitrogens with zero attached hydrogens (tertiary/aromatic N) is 2. The summed E-state index contributed by atoms with van der Waals surface area (Å²) in [6.07, 6.45) is 3.53. The lowest BCUT2D eigenvalue weighted by Gasteiger charge is -2.35. The number of hydrogen-bond donors (Lipinski definition) is 1. The van der Waals surface area contributed by atoms with Crippen LogP contribution in [0.2, 0.25) is 0 Å². The van der Waals surface area contributed by atoms with Gasteiger partial charge in [-0.2, -0.15) is 0 Å². The molecule has 1 heterocycles. The van der Waals surface area contributed by atoms with Gasteiger partial charge in [0.2, 0.25) is 0 Å². The van der Waals surface area contributed by atoms with Crippen molar-refractivity contribution < 1.29 is 4.79 Å². The maximum absolute atomic E-state index is 12.6. The molecule has 0 saturated heterocycles. The molecule has 4 heteroatoms. The van der Waals surface area contributed by atoms with Gasteiger partial charge in [0, 0.05) is 30.9 Å². The number of aromatic nitrogens is 1. The number of amides is 2. The molecule has 0 fully saturated rings. The molecule has 4 nitrogen and oxygen atoms in total. The molecular formula is C20H27N3O. The van der Waals surface area contributed by atoms with Crippen LogP contribution in [0.25, 0.3) is 0 Å². The Kier molecular flexibility index (Phi) is 5.60. The maximum atomic E-state index is 12.6. The van der Waals surface area contributed by atoms with E-state index in [-0.39, 0.29) is 23.5 Å².